The first kappa shape index (κ1) is 19.2. The summed E-state index contributed by atoms with van der Waals surface area (Å²) in [6, 6.07) is 6.45. The van der Waals surface area contributed by atoms with Gasteiger partial charge in [0.25, 0.3) is 5.91 Å². The molecule has 0 radical (unpaired) electrons. The summed E-state index contributed by atoms with van der Waals surface area (Å²) in [5, 5.41) is 0. The molecule has 1 aromatic carbocycles. The van der Waals surface area contributed by atoms with E-state index in [0.717, 1.165) is 24.1 Å². The molecule has 0 unspecified atom stereocenters. The quantitative estimate of drug-likeness (QED) is 0.675. The third-order valence-electron chi connectivity index (χ3n) is 5.32. The zero-order valence-corrected chi connectivity index (χ0v) is 16.6. The highest BCUT2D eigenvalue weighted by Crippen LogP contribution is 2.34. The van der Waals surface area contributed by atoms with Crippen molar-refractivity contribution in [2.75, 3.05) is 13.1 Å². The van der Waals surface area contributed by atoms with Crippen molar-refractivity contribution in [2.24, 2.45) is 0 Å². The zero-order valence-electron chi connectivity index (χ0n) is 16.6. The van der Waals surface area contributed by atoms with Crippen LogP contribution in [0.4, 0.5) is 4.39 Å². The highest BCUT2D eigenvalue weighted by molar-refractivity contribution is 5.92. The fraction of sp³-hybridized carbons (Fsp3) is 0.364. The number of piperidine rings is 1. The van der Waals surface area contributed by atoms with Crippen molar-refractivity contribution in [1.82, 2.24) is 19.9 Å². The molecule has 1 saturated heterocycles. The third-order valence-corrected chi connectivity index (χ3v) is 5.32. The summed E-state index contributed by atoms with van der Waals surface area (Å²) in [6.45, 7) is 5.07. The monoisotopic (exact) mass is 394 g/mol. The number of amides is 1. The molecule has 1 atom stereocenters. The van der Waals surface area contributed by atoms with Crippen LogP contribution in [-0.4, -0.2) is 38.8 Å². The van der Waals surface area contributed by atoms with Crippen LogP contribution in [0.5, 0.6) is 0 Å². The first-order chi connectivity index (χ1) is 13.9. The van der Waals surface area contributed by atoms with Gasteiger partial charge in [-0.15, -0.1) is 0 Å². The Morgan fingerprint density at radius 2 is 2.10 bits per heavy atom. The predicted octanol–water partition coefficient (Wildman–Crippen LogP) is 3.70. The molecule has 3 aromatic rings. The van der Waals surface area contributed by atoms with Crippen molar-refractivity contribution in [3.8, 4) is 0 Å². The van der Waals surface area contributed by atoms with Crippen molar-refractivity contribution >= 4 is 5.91 Å². The van der Waals surface area contributed by atoms with Gasteiger partial charge in [-0.25, -0.2) is 14.4 Å². The average molecular weight is 394 g/mol. The Morgan fingerprint density at radius 3 is 2.86 bits per heavy atom. The van der Waals surface area contributed by atoms with Crippen molar-refractivity contribution in [1.29, 1.82) is 0 Å². The van der Waals surface area contributed by atoms with Crippen LogP contribution < -0.4 is 0 Å². The van der Waals surface area contributed by atoms with Gasteiger partial charge in [0.1, 0.15) is 17.3 Å². The normalized spacial score (nSPS) is 19.3. The van der Waals surface area contributed by atoms with Gasteiger partial charge in [0.05, 0.1) is 23.5 Å². The molecule has 4 rings (SSSR count). The van der Waals surface area contributed by atoms with Crippen molar-refractivity contribution in [3.63, 3.8) is 0 Å². The molecule has 2 aromatic heterocycles. The minimum Gasteiger partial charge on any atom is -0.445 e. The molecular weight excluding hydrogens is 371 g/mol. The van der Waals surface area contributed by atoms with E-state index in [4.69, 9.17) is 4.42 Å². The highest BCUT2D eigenvalue weighted by atomic mass is 19.1. The average Bonchev–Trinajstić information content (AvgIpc) is 3.17. The molecule has 0 bridgehead atoms. The number of halogens is 1. The molecule has 6 nitrogen and oxygen atoms in total. The molecular formula is C22H23FN4O2. The topological polar surface area (TPSA) is 72.1 Å². The highest BCUT2D eigenvalue weighted by Gasteiger charge is 2.39. The van der Waals surface area contributed by atoms with Crippen molar-refractivity contribution in [2.45, 2.75) is 38.5 Å². The van der Waals surface area contributed by atoms with E-state index < -0.39 is 0 Å². The molecule has 29 heavy (non-hydrogen) atoms. The fourth-order valence-electron chi connectivity index (χ4n) is 3.77. The summed E-state index contributed by atoms with van der Waals surface area (Å²) in [4.78, 5) is 27.5. The maximum atomic E-state index is 13.4. The number of carbonyl (C=O) groups excluding carboxylic acids is 1. The van der Waals surface area contributed by atoms with Crippen LogP contribution in [0.2, 0.25) is 0 Å². The van der Waals surface area contributed by atoms with Gasteiger partial charge < -0.3 is 9.32 Å². The summed E-state index contributed by atoms with van der Waals surface area (Å²) in [6.07, 6.45) is 7.01. The van der Waals surface area contributed by atoms with E-state index in [1.54, 1.807) is 23.4 Å². The molecule has 0 spiro atoms. The fourth-order valence-corrected chi connectivity index (χ4v) is 3.77. The van der Waals surface area contributed by atoms with Gasteiger partial charge in [0.2, 0.25) is 5.89 Å². The first-order valence-corrected chi connectivity index (χ1v) is 9.70. The molecule has 1 aliphatic heterocycles. The Bertz CT molecular complexity index is 1020. The van der Waals surface area contributed by atoms with E-state index in [9.17, 15) is 9.18 Å². The lowest BCUT2D eigenvalue weighted by molar-refractivity contribution is 0.0619. The molecule has 3 heterocycles. The molecule has 1 fully saturated rings. The maximum absolute atomic E-state index is 13.4. The third kappa shape index (κ3) is 4.18. The molecule has 7 heteroatoms. The van der Waals surface area contributed by atoms with Crippen LogP contribution in [-0.2, 0) is 11.8 Å². The predicted molar refractivity (Wildman–Crippen MR) is 105 cm³/mol. The lowest BCUT2D eigenvalue weighted by Crippen LogP contribution is -2.47. The van der Waals surface area contributed by atoms with Crippen LogP contribution in [0.25, 0.3) is 0 Å². The standard InChI is InChI=1S/C22H23FN4O2/c1-15-11-25-19(13-24-15)20(28)27-8-4-7-22(2,14-27)21-26-12-18(29-21)10-16-5-3-6-17(23)9-16/h3,5-6,9,11-13H,4,7-8,10,14H2,1-2H3/t22-/m0/s1. The minimum absolute atomic E-state index is 0.130. The summed E-state index contributed by atoms with van der Waals surface area (Å²) >= 11 is 0. The molecule has 0 aliphatic carbocycles. The second kappa shape index (κ2) is 7.73. The number of likely N-dealkylation sites (tertiary alicyclic amines) is 1. The lowest BCUT2D eigenvalue weighted by Gasteiger charge is -2.38. The Morgan fingerprint density at radius 1 is 1.24 bits per heavy atom. The summed E-state index contributed by atoms with van der Waals surface area (Å²) in [5.74, 6) is 0.890. The number of carbonyl (C=O) groups is 1. The number of hydrogen-bond acceptors (Lipinski definition) is 5. The Balaban J connectivity index is 1.50. The first-order valence-electron chi connectivity index (χ1n) is 9.70. The van der Waals surface area contributed by atoms with Gasteiger partial charge in [-0.1, -0.05) is 12.1 Å². The number of hydrogen-bond donors (Lipinski definition) is 0. The molecule has 0 saturated carbocycles. The Kier molecular flexibility index (Phi) is 5.13. The largest absolute Gasteiger partial charge is 0.445 e. The molecule has 1 amide bonds. The zero-order chi connectivity index (χ0) is 20.4. The molecule has 0 N–H and O–H groups in total. The van der Waals surface area contributed by atoms with Crippen molar-refractivity contribution in [3.05, 3.63) is 77.3 Å². The summed E-state index contributed by atoms with van der Waals surface area (Å²) in [7, 11) is 0. The van der Waals surface area contributed by atoms with Crippen molar-refractivity contribution < 1.29 is 13.6 Å². The number of aryl methyl sites for hydroxylation is 1. The van der Waals surface area contributed by atoms with Gasteiger partial charge in [-0.2, -0.15) is 0 Å². The summed E-state index contributed by atoms with van der Waals surface area (Å²) < 4.78 is 19.4. The van der Waals surface area contributed by atoms with Gasteiger partial charge in [0.15, 0.2) is 0 Å². The van der Waals surface area contributed by atoms with E-state index in [1.807, 2.05) is 13.0 Å². The van der Waals surface area contributed by atoms with Crippen LogP contribution >= 0.6 is 0 Å². The maximum Gasteiger partial charge on any atom is 0.274 e. The number of oxazole rings is 1. The minimum atomic E-state index is -0.383. The Labute approximate surface area is 168 Å². The van der Waals surface area contributed by atoms with E-state index in [2.05, 4.69) is 21.9 Å². The second-order valence-corrected chi connectivity index (χ2v) is 7.87. The number of nitrogens with zero attached hydrogens (tertiary/aromatic N) is 4. The van der Waals surface area contributed by atoms with Gasteiger partial charge in [-0.05, 0) is 44.4 Å². The second-order valence-electron chi connectivity index (χ2n) is 7.87. The van der Waals surface area contributed by atoms with Crippen LogP contribution in [0, 0.1) is 12.7 Å². The SMILES string of the molecule is Cc1cnc(C(=O)N2CCC[C@](C)(c3ncc(Cc4cccc(F)c4)o3)C2)cn1. The van der Waals surface area contributed by atoms with E-state index in [0.29, 0.717) is 36.9 Å². The number of aromatic nitrogens is 3. The van der Waals surface area contributed by atoms with Gasteiger partial charge in [0, 0.05) is 25.7 Å². The van der Waals surface area contributed by atoms with Crippen LogP contribution in [0.1, 0.15) is 53.2 Å². The Hall–Kier alpha value is -3.09. The van der Waals surface area contributed by atoms with Gasteiger partial charge in [-0.3, -0.25) is 9.78 Å². The van der Waals surface area contributed by atoms with E-state index >= 15 is 0 Å². The van der Waals surface area contributed by atoms with E-state index in [1.165, 1.54) is 18.3 Å². The summed E-state index contributed by atoms with van der Waals surface area (Å²) in [5.41, 5.74) is 1.57. The number of benzene rings is 1. The van der Waals surface area contributed by atoms with Crippen LogP contribution in [0.15, 0.2) is 47.3 Å². The molecule has 150 valence electrons. The molecule has 1 aliphatic rings. The lowest BCUT2D eigenvalue weighted by atomic mass is 9.81. The smallest absolute Gasteiger partial charge is 0.274 e. The van der Waals surface area contributed by atoms with Crippen LogP contribution in [0.3, 0.4) is 0 Å². The number of rotatable bonds is 4. The van der Waals surface area contributed by atoms with E-state index in [-0.39, 0.29) is 17.1 Å². The van der Waals surface area contributed by atoms with Gasteiger partial charge >= 0.3 is 0 Å².